The van der Waals surface area contributed by atoms with Gasteiger partial charge in [0, 0.05) is 12.5 Å². The van der Waals surface area contributed by atoms with E-state index >= 15 is 0 Å². The van der Waals surface area contributed by atoms with Crippen LogP contribution < -0.4 is 5.32 Å². The molecule has 1 aliphatic rings. The molecule has 35 heavy (non-hydrogen) atoms. The highest BCUT2D eigenvalue weighted by Gasteiger charge is 2.46. The molecule has 0 bridgehead atoms. The first-order valence-electron chi connectivity index (χ1n) is 11.3. The summed E-state index contributed by atoms with van der Waals surface area (Å²) in [6.07, 6.45) is -4.62. The standard InChI is InChI=1S/C25H25F3N6S/c1-13-5-8-20(16(4)9-13)33-23(30-31-24(33)35)19-12-22-29-18(17-7-6-14(2)15(3)10-17)11-21(25(26,27)28)34(22)32-19/h5-10,12,18,21,29H,11H2,1-4H3,(H,31,35)/t18-,21-/m0/s1. The van der Waals surface area contributed by atoms with Crippen molar-refractivity contribution < 1.29 is 13.2 Å². The highest BCUT2D eigenvalue weighted by Crippen LogP contribution is 2.44. The van der Waals surface area contributed by atoms with E-state index in [0.29, 0.717) is 16.3 Å². The van der Waals surface area contributed by atoms with E-state index in [1.54, 1.807) is 10.6 Å². The van der Waals surface area contributed by atoms with Crippen molar-refractivity contribution in [2.45, 2.75) is 52.4 Å². The lowest BCUT2D eigenvalue weighted by molar-refractivity contribution is -0.173. The molecule has 2 aromatic carbocycles. The Bertz CT molecular complexity index is 1480. The molecule has 2 atom stereocenters. The van der Waals surface area contributed by atoms with Gasteiger partial charge in [0.25, 0.3) is 0 Å². The van der Waals surface area contributed by atoms with Gasteiger partial charge in [0.05, 0.1) is 11.7 Å². The molecular weight excluding hydrogens is 473 g/mol. The molecule has 10 heteroatoms. The lowest BCUT2D eigenvalue weighted by atomic mass is 9.94. The largest absolute Gasteiger partial charge is 0.410 e. The third-order valence-electron chi connectivity index (χ3n) is 6.62. The highest BCUT2D eigenvalue weighted by atomic mass is 32.1. The van der Waals surface area contributed by atoms with Crippen LogP contribution >= 0.6 is 12.2 Å². The van der Waals surface area contributed by atoms with Crippen molar-refractivity contribution in [1.29, 1.82) is 0 Å². The SMILES string of the molecule is Cc1ccc(-n2c(-c3cc4n(n3)[C@H](C(F)(F)F)C[C@@H](c3ccc(C)c(C)c3)N4)n[nH]c2=S)c(C)c1. The molecule has 0 radical (unpaired) electrons. The Hall–Kier alpha value is -3.40. The number of aromatic nitrogens is 5. The minimum absolute atomic E-state index is 0.163. The first-order chi connectivity index (χ1) is 16.5. The van der Waals surface area contributed by atoms with E-state index in [0.717, 1.165) is 38.2 Å². The molecule has 6 nitrogen and oxygen atoms in total. The van der Waals surface area contributed by atoms with Gasteiger partial charge in [-0.1, -0.05) is 35.9 Å². The number of alkyl halides is 3. The Labute approximate surface area is 205 Å². The molecule has 0 amide bonds. The van der Waals surface area contributed by atoms with Gasteiger partial charge in [0.1, 0.15) is 11.5 Å². The third kappa shape index (κ3) is 4.16. The number of nitrogens with one attached hydrogen (secondary N) is 2. The van der Waals surface area contributed by atoms with Crippen LogP contribution in [-0.4, -0.2) is 30.7 Å². The van der Waals surface area contributed by atoms with Gasteiger partial charge >= 0.3 is 6.18 Å². The van der Waals surface area contributed by atoms with Gasteiger partial charge in [0.15, 0.2) is 16.6 Å². The van der Waals surface area contributed by atoms with E-state index in [4.69, 9.17) is 12.2 Å². The molecule has 0 saturated carbocycles. The van der Waals surface area contributed by atoms with E-state index in [9.17, 15) is 13.2 Å². The first kappa shape index (κ1) is 23.3. The van der Waals surface area contributed by atoms with Crippen molar-refractivity contribution in [3.63, 3.8) is 0 Å². The summed E-state index contributed by atoms with van der Waals surface area (Å²) in [7, 11) is 0. The Kier molecular flexibility index (Phi) is 5.58. The number of rotatable bonds is 3. The molecule has 0 saturated heterocycles. The number of aryl methyl sites for hydroxylation is 4. The van der Waals surface area contributed by atoms with Gasteiger partial charge in [-0.2, -0.15) is 23.4 Å². The van der Waals surface area contributed by atoms with Crippen LogP contribution in [0.15, 0.2) is 42.5 Å². The van der Waals surface area contributed by atoms with Gasteiger partial charge in [-0.25, -0.2) is 4.68 Å². The van der Waals surface area contributed by atoms with Gasteiger partial charge < -0.3 is 5.32 Å². The molecule has 5 rings (SSSR count). The number of hydrogen-bond acceptors (Lipinski definition) is 4. The number of fused-ring (bicyclic) bond motifs is 1. The Morgan fingerprint density at radius 1 is 0.971 bits per heavy atom. The summed E-state index contributed by atoms with van der Waals surface area (Å²) < 4.78 is 45.6. The summed E-state index contributed by atoms with van der Waals surface area (Å²) in [5, 5.41) is 14.7. The number of aromatic amines is 1. The lowest BCUT2D eigenvalue weighted by Crippen LogP contribution is -2.35. The molecule has 0 unspecified atom stereocenters. The van der Waals surface area contributed by atoms with E-state index in [1.165, 1.54) is 0 Å². The Morgan fingerprint density at radius 2 is 1.74 bits per heavy atom. The predicted octanol–water partition coefficient (Wildman–Crippen LogP) is 6.69. The fourth-order valence-corrected chi connectivity index (χ4v) is 4.86. The van der Waals surface area contributed by atoms with Crippen LogP contribution in [0.1, 0.15) is 46.3 Å². The Balaban J connectivity index is 1.61. The maximum Gasteiger partial charge on any atom is 0.410 e. The van der Waals surface area contributed by atoms with Gasteiger partial charge in [-0.05, 0) is 68.2 Å². The molecule has 0 aliphatic carbocycles. The summed E-state index contributed by atoms with van der Waals surface area (Å²) in [5.41, 5.74) is 6.10. The van der Waals surface area contributed by atoms with Crippen LogP contribution in [0.4, 0.5) is 19.0 Å². The summed E-state index contributed by atoms with van der Waals surface area (Å²) in [6.45, 7) is 7.88. The number of halogens is 3. The van der Waals surface area contributed by atoms with Crippen LogP contribution in [0.3, 0.4) is 0 Å². The van der Waals surface area contributed by atoms with E-state index in [1.807, 2.05) is 64.1 Å². The average Bonchev–Trinajstić information content (AvgIpc) is 3.37. The minimum atomic E-state index is -4.46. The number of benzene rings is 2. The highest BCUT2D eigenvalue weighted by molar-refractivity contribution is 7.71. The van der Waals surface area contributed by atoms with Crippen molar-refractivity contribution in [2.75, 3.05) is 5.32 Å². The van der Waals surface area contributed by atoms with Crippen LogP contribution in [0.2, 0.25) is 0 Å². The molecule has 0 fully saturated rings. The number of anilines is 1. The fraction of sp³-hybridized carbons (Fsp3) is 0.320. The zero-order valence-corrected chi connectivity index (χ0v) is 20.6. The lowest BCUT2D eigenvalue weighted by Gasteiger charge is -2.33. The predicted molar refractivity (Wildman–Crippen MR) is 131 cm³/mol. The molecule has 2 N–H and O–H groups in total. The zero-order chi connectivity index (χ0) is 25.1. The topological polar surface area (TPSA) is 63.5 Å². The fourth-order valence-electron chi connectivity index (χ4n) is 4.63. The molecule has 3 heterocycles. The number of nitrogens with zero attached hydrogens (tertiary/aromatic N) is 4. The summed E-state index contributed by atoms with van der Waals surface area (Å²) >= 11 is 5.46. The average molecular weight is 499 g/mol. The van der Waals surface area contributed by atoms with Crippen molar-refractivity contribution in [1.82, 2.24) is 24.5 Å². The van der Waals surface area contributed by atoms with Crippen LogP contribution in [0.25, 0.3) is 17.2 Å². The van der Waals surface area contributed by atoms with Gasteiger partial charge in [-0.3, -0.25) is 9.67 Å². The maximum atomic E-state index is 14.2. The minimum Gasteiger partial charge on any atom is -0.363 e. The van der Waals surface area contributed by atoms with Crippen LogP contribution in [-0.2, 0) is 0 Å². The normalized spacial score (nSPS) is 17.8. The van der Waals surface area contributed by atoms with Crippen molar-refractivity contribution in [3.05, 3.63) is 75.1 Å². The van der Waals surface area contributed by atoms with E-state index in [2.05, 4.69) is 20.6 Å². The smallest absolute Gasteiger partial charge is 0.363 e. The summed E-state index contributed by atoms with van der Waals surface area (Å²) in [5.74, 6) is 0.646. The zero-order valence-electron chi connectivity index (χ0n) is 19.7. The molecule has 0 spiro atoms. The van der Waals surface area contributed by atoms with E-state index in [-0.39, 0.29) is 12.2 Å². The van der Waals surface area contributed by atoms with Crippen LogP contribution in [0, 0.1) is 32.5 Å². The molecular formula is C25H25F3N6S. The van der Waals surface area contributed by atoms with Gasteiger partial charge in [0.2, 0.25) is 0 Å². The van der Waals surface area contributed by atoms with Gasteiger partial charge in [-0.15, -0.1) is 0 Å². The quantitative estimate of drug-likeness (QED) is 0.309. The molecule has 2 aromatic heterocycles. The van der Waals surface area contributed by atoms with Crippen molar-refractivity contribution in [2.24, 2.45) is 0 Å². The van der Waals surface area contributed by atoms with Crippen molar-refractivity contribution >= 4 is 18.0 Å². The second-order valence-corrected chi connectivity index (χ2v) is 9.56. The monoisotopic (exact) mass is 498 g/mol. The summed E-state index contributed by atoms with van der Waals surface area (Å²) in [4.78, 5) is 0. The second kappa shape index (κ2) is 8.37. The first-order valence-corrected chi connectivity index (χ1v) is 11.7. The number of H-pyrrole nitrogens is 1. The third-order valence-corrected chi connectivity index (χ3v) is 6.89. The maximum absolute atomic E-state index is 14.2. The Morgan fingerprint density at radius 3 is 2.43 bits per heavy atom. The molecule has 4 aromatic rings. The second-order valence-electron chi connectivity index (χ2n) is 9.17. The summed E-state index contributed by atoms with van der Waals surface area (Å²) in [6, 6.07) is 11.0. The van der Waals surface area contributed by atoms with Crippen molar-refractivity contribution in [3.8, 4) is 17.2 Å². The number of hydrogen-bond donors (Lipinski definition) is 2. The van der Waals surface area contributed by atoms with Crippen LogP contribution in [0.5, 0.6) is 0 Å². The van der Waals surface area contributed by atoms with E-state index < -0.39 is 18.3 Å². The molecule has 1 aliphatic heterocycles. The molecule has 182 valence electrons.